The molecule has 8 heteroatoms. The summed E-state index contributed by atoms with van der Waals surface area (Å²) in [5.74, 6) is 0.667. The summed E-state index contributed by atoms with van der Waals surface area (Å²) in [6.07, 6.45) is -3.03. The molecule has 0 fully saturated rings. The Morgan fingerprint density at radius 2 is 1.95 bits per heavy atom. The third-order valence-electron chi connectivity index (χ3n) is 3.37. The number of benzene rings is 1. The number of nitrogens with one attached hydrogen (secondary N) is 1. The summed E-state index contributed by atoms with van der Waals surface area (Å²) in [4.78, 5) is 4.01. The highest BCUT2D eigenvalue weighted by Gasteiger charge is 2.32. The number of aryl methyl sites for hydroxylation is 1. The number of rotatable bonds is 5. The van der Waals surface area contributed by atoms with Crippen LogP contribution in [-0.2, 0) is 25.4 Å². The molecule has 0 bridgehead atoms. The zero-order valence-corrected chi connectivity index (χ0v) is 12.2. The lowest BCUT2D eigenvalue weighted by atomic mass is 9.94. The highest BCUT2D eigenvalue weighted by Crippen LogP contribution is 2.31. The average Bonchev–Trinajstić information content (AvgIpc) is 2.83. The Morgan fingerprint density at radius 3 is 2.55 bits per heavy atom. The summed E-state index contributed by atoms with van der Waals surface area (Å²) in [6, 6.07) is 4.70. The summed E-state index contributed by atoms with van der Waals surface area (Å²) in [7, 11) is 1.73. The molecule has 0 saturated carbocycles. The largest absolute Gasteiger partial charge is 0.416 e. The molecule has 0 aliphatic heterocycles. The molecule has 2 rings (SSSR count). The first kappa shape index (κ1) is 16.4. The van der Waals surface area contributed by atoms with E-state index in [4.69, 9.17) is 0 Å². The third kappa shape index (κ3) is 3.83. The lowest BCUT2D eigenvalue weighted by molar-refractivity contribution is -0.137. The molecule has 1 aromatic heterocycles. The zero-order valence-electron chi connectivity index (χ0n) is 12.2. The maximum absolute atomic E-state index is 12.7. The van der Waals surface area contributed by atoms with Crippen LogP contribution >= 0.6 is 0 Å². The van der Waals surface area contributed by atoms with Crippen molar-refractivity contribution in [2.45, 2.75) is 25.2 Å². The Hall–Kier alpha value is -1.93. The Bertz CT molecular complexity index is 637. The molecule has 0 aliphatic rings. The number of nitrogens with zero attached hydrogens (tertiary/aromatic N) is 3. The Balaban J connectivity index is 2.05. The van der Waals surface area contributed by atoms with Gasteiger partial charge < -0.3 is 10.4 Å². The van der Waals surface area contributed by atoms with Crippen LogP contribution in [0.2, 0.25) is 0 Å². The van der Waals surface area contributed by atoms with Gasteiger partial charge in [0.2, 0.25) is 0 Å². The smallest absolute Gasteiger partial charge is 0.384 e. The second-order valence-corrected chi connectivity index (χ2v) is 5.26. The second-order valence-electron chi connectivity index (χ2n) is 5.26. The van der Waals surface area contributed by atoms with Gasteiger partial charge in [0.05, 0.1) is 17.7 Å². The van der Waals surface area contributed by atoms with Crippen molar-refractivity contribution in [1.29, 1.82) is 0 Å². The minimum atomic E-state index is -4.43. The quantitative estimate of drug-likeness (QED) is 0.884. The van der Waals surface area contributed by atoms with Crippen LogP contribution in [0.4, 0.5) is 13.2 Å². The fraction of sp³-hybridized carbons (Fsp3) is 0.429. The van der Waals surface area contributed by atoms with E-state index in [1.807, 2.05) is 0 Å². The van der Waals surface area contributed by atoms with E-state index in [2.05, 4.69) is 15.4 Å². The number of aromatic nitrogens is 3. The summed E-state index contributed by atoms with van der Waals surface area (Å²) < 4.78 is 39.7. The molecule has 1 heterocycles. The van der Waals surface area contributed by atoms with Crippen molar-refractivity contribution in [1.82, 2.24) is 20.1 Å². The van der Waals surface area contributed by atoms with Gasteiger partial charge in [-0.2, -0.15) is 18.3 Å². The van der Waals surface area contributed by atoms with Crippen molar-refractivity contribution in [3.8, 4) is 0 Å². The number of alkyl halides is 3. The molecule has 0 radical (unpaired) electrons. The molecule has 1 atom stereocenters. The zero-order chi connectivity index (χ0) is 16.4. The molecular formula is C14H17F3N4O. The molecule has 2 N–H and O–H groups in total. The summed E-state index contributed by atoms with van der Waals surface area (Å²) >= 11 is 0. The van der Waals surface area contributed by atoms with Gasteiger partial charge in [0.25, 0.3) is 0 Å². The van der Waals surface area contributed by atoms with E-state index in [0.717, 1.165) is 12.1 Å². The first-order chi connectivity index (χ1) is 10.2. The van der Waals surface area contributed by atoms with Gasteiger partial charge in [-0.25, -0.2) is 4.98 Å². The standard InChI is InChI=1S/C14H17F3N4O/c1-13(22,8-18-7-12-19-9-20-21(12)2)10-4-3-5-11(6-10)14(15,16)17/h3-6,9,18,22H,7-8H2,1-2H3. The number of hydrogen-bond donors (Lipinski definition) is 2. The molecule has 2 aromatic rings. The van der Waals surface area contributed by atoms with Crippen LogP contribution in [-0.4, -0.2) is 26.4 Å². The van der Waals surface area contributed by atoms with Gasteiger partial charge in [-0.1, -0.05) is 12.1 Å². The van der Waals surface area contributed by atoms with Gasteiger partial charge in [0, 0.05) is 13.6 Å². The summed E-state index contributed by atoms with van der Waals surface area (Å²) in [5, 5.41) is 17.3. The van der Waals surface area contributed by atoms with Crippen molar-refractivity contribution in [2.75, 3.05) is 6.54 Å². The predicted molar refractivity (Wildman–Crippen MR) is 73.7 cm³/mol. The molecule has 0 saturated heterocycles. The first-order valence-electron chi connectivity index (χ1n) is 6.64. The van der Waals surface area contributed by atoms with Crippen LogP contribution in [0, 0.1) is 0 Å². The van der Waals surface area contributed by atoms with E-state index in [1.165, 1.54) is 25.4 Å². The third-order valence-corrected chi connectivity index (χ3v) is 3.37. The maximum Gasteiger partial charge on any atom is 0.416 e. The predicted octanol–water partition coefficient (Wildman–Crippen LogP) is 1.83. The fourth-order valence-corrected chi connectivity index (χ4v) is 2.03. The van der Waals surface area contributed by atoms with Gasteiger partial charge >= 0.3 is 6.18 Å². The minimum absolute atomic E-state index is 0.0845. The number of hydrogen-bond acceptors (Lipinski definition) is 4. The molecule has 0 aliphatic carbocycles. The molecule has 120 valence electrons. The van der Waals surface area contributed by atoms with E-state index in [1.54, 1.807) is 11.7 Å². The normalized spacial score (nSPS) is 14.8. The van der Waals surface area contributed by atoms with E-state index in [0.29, 0.717) is 12.4 Å². The lowest BCUT2D eigenvalue weighted by Gasteiger charge is -2.25. The van der Waals surface area contributed by atoms with Crippen LogP contribution in [0.15, 0.2) is 30.6 Å². The van der Waals surface area contributed by atoms with Gasteiger partial charge in [-0.15, -0.1) is 0 Å². The number of aliphatic hydroxyl groups is 1. The summed E-state index contributed by atoms with van der Waals surface area (Å²) in [5.41, 5.74) is -2.01. The molecule has 5 nitrogen and oxygen atoms in total. The van der Waals surface area contributed by atoms with E-state index >= 15 is 0 Å². The van der Waals surface area contributed by atoms with Crippen molar-refractivity contribution < 1.29 is 18.3 Å². The van der Waals surface area contributed by atoms with Gasteiger partial charge in [-0.05, 0) is 24.6 Å². The average molecular weight is 314 g/mol. The van der Waals surface area contributed by atoms with Crippen LogP contribution in [0.3, 0.4) is 0 Å². The molecule has 0 amide bonds. The first-order valence-corrected chi connectivity index (χ1v) is 6.64. The van der Waals surface area contributed by atoms with Gasteiger partial charge in [-0.3, -0.25) is 4.68 Å². The van der Waals surface area contributed by atoms with E-state index < -0.39 is 17.3 Å². The topological polar surface area (TPSA) is 63.0 Å². The van der Waals surface area contributed by atoms with E-state index in [-0.39, 0.29) is 12.1 Å². The minimum Gasteiger partial charge on any atom is -0.384 e. The Morgan fingerprint density at radius 1 is 1.27 bits per heavy atom. The van der Waals surface area contributed by atoms with Crippen molar-refractivity contribution in [2.24, 2.45) is 7.05 Å². The molecule has 22 heavy (non-hydrogen) atoms. The van der Waals surface area contributed by atoms with Crippen LogP contribution in [0.1, 0.15) is 23.9 Å². The molecular weight excluding hydrogens is 297 g/mol. The van der Waals surface area contributed by atoms with Gasteiger partial charge in [0.1, 0.15) is 12.2 Å². The van der Waals surface area contributed by atoms with E-state index in [9.17, 15) is 18.3 Å². The molecule has 1 unspecified atom stereocenters. The highest BCUT2D eigenvalue weighted by atomic mass is 19.4. The monoisotopic (exact) mass is 314 g/mol. The highest BCUT2D eigenvalue weighted by molar-refractivity contribution is 5.29. The van der Waals surface area contributed by atoms with Gasteiger partial charge in [0.15, 0.2) is 0 Å². The Kier molecular flexibility index (Phi) is 4.52. The number of halogens is 3. The van der Waals surface area contributed by atoms with Crippen molar-refractivity contribution >= 4 is 0 Å². The second kappa shape index (κ2) is 6.05. The van der Waals surface area contributed by atoms with Crippen molar-refractivity contribution in [3.63, 3.8) is 0 Å². The summed E-state index contributed by atoms with van der Waals surface area (Å²) in [6.45, 7) is 1.90. The molecule has 0 spiro atoms. The molecule has 1 aromatic carbocycles. The van der Waals surface area contributed by atoms with Crippen molar-refractivity contribution in [3.05, 3.63) is 47.5 Å². The van der Waals surface area contributed by atoms with Crippen LogP contribution in [0.25, 0.3) is 0 Å². The lowest BCUT2D eigenvalue weighted by Crippen LogP contribution is -2.35. The van der Waals surface area contributed by atoms with Crippen LogP contribution in [0.5, 0.6) is 0 Å². The Labute approximate surface area is 125 Å². The fourth-order valence-electron chi connectivity index (χ4n) is 2.03. The SMILES string of the molecule is Cn1ncnc1CNCC(C)(O)c1cccc(C(F)(F)F)c1. The van der Waals surface area contributed by atoms with Crippen LogP contribution < -0.4 is 5.32 Å². The maximum atomic E-state index is 12.7.